The number of nitrogens with one attached hydrogen (secondary N) is 1. The molecule has 0 radical (unpaired) electrons. The number of ketones is 1. The summed E-state index contributed by atoms with van der Waals surface area (Å²) < 4.78 is 0. The van der Waals surface area contributed by atoms with Crippen LogP contribution in [0.3, 0.4) is 0 Å². The molecule has 1 unspecified atom stereocenters. The second kappa shape index (κ2) is 8.00. The maximum atomic E-state index is 11.7. The molecule has 0 aliphatic heterocycles. The summed E-state index contributed by atoms with van der Waals surface area (Å²) in [6.45, 7) is 2.03. The Balaban J connectivity index is 2.22. The summed E-state index contributed by atoms with van der Waals surface area (Å²) in [5, 5.41) is 13.3. The third-order valence-electron chi connectivity index (χ3n) is 2.58. The third kappa shape index (κ3) is 5.42. The lowest BCUT2D eigenvalue weighted by Gasteiger charge is -2.12. The molecule has 4 nitrogen and oxygen atoms in total. The Kier molecular flexibility index (Phi) is 6.60. The van der Waals surface area contributed by atoms with E-state index in [0.29, 0.717) is 11.3 Å². The van der Waals surface area contributed by atoms with E-state index >= 15 is 0 Å². The average Bonchev–Trinajstić information content (AvgIpc) is 2.87. The molecule has 0 saturated heterocycles. The summed E-state index contributed by atoms with van der Waals surface area (Å²) in [6, 6.07) is 3.64. The molecule has 1 atom stereocenters. The second-order valence-corrected chi connectivity index (χ2v) is 5.18. The van der Waals surface area contributed by atoms with E-state index in [1.54, 1.807) is 6.07 Å². The van der Waals surface area contributed by atoms with Crippen LogP contribution in [0, 0.1) is 0 Å². The Bertz CT molecular complexity index is 376. The lowest BCUT2D eigenvalue weighted by molar-refractivity contribution is -0.121. The number of hydrogen-bond donors (Lipinski definition) is 2. The molecule has 0 aromatic carbocycles. The van der Waals surface area contributed by atoms with Crippen molar-refractivity contribution in [3.8, 4) is 0 Å². The maximum Gasteiger partial charge on any atom is 0.220 e. The molecule has 0 aliphatic rings. The Morgan fingerprint density at radius 2 is 2.22 bits per heavy atom. The van der Waals surface area contributed by atoms with Crippen molar-refractivity contribution in [1.29, 1.82) is 0 Å². The van der Waals surface area contributed by atoms with Crippen LogP contribution in [0.4, 0.5) is 0 Å². The highest BCUT2D eigenvalue weighted by molar-refractivity contribution is 7.12. The van der Waals surface area contributed by atoms with Crippen LogP contribution in [-0.4, -0.2) is 29.4 Å². The van der Waals surface area contributed by atoms with Gasteiger partial charge in [0.2, 0.25) is 5.91 Å². The number of aliphatic hydroxyl groups excluding tert-OH is 1. The number of aliphatic hydroxyl groups is 1. The monoisotopic (exact) mass is 269 g/mol. The molecule has 0 saturated carbocycles. The lowest BCUT2D eigenvalue weighted by atomic mass is 10.1. The highest BCUT2D eigenvalue weighted by Gasteiger charge is 2.11. The van der Waals surface area contributed by atoms with Crippen molar-refractivity contribution in [2.45, 2.75) is 38.6 Å². The molecule has 100 valence electrons. The molecule has 0 bridgehead atoms. The summed E-state index contributed by atoms with van der Waals surface area (Å²) in [6.07, 6.45) is 1.90. The van der Waals surface area contributed by atoms with E-state index in [1.807, 2.05) is 18.4 Å². The summed E-state index contributed by atoms with van der Waals surface area (Å²) in [5.41, 5.74) is 0. The van der Waals surface area contributed by atoms with Gasteiger partial charge in [-0.15, -0.1) is 11.3 Å². The van der Waals surface area contributed by atoms with Crippen molar-refractivity contribution >= 4 is 23.0 Å². The molecule has 2 N–H and O–H groups in total. The number of thiophene rings is 1. The van der Waals surface area contributed by atoms with Crippen LogP contribution in [0.15, 0.2) is 17.5 Å². The van der Waals surface area contributed by atoms with Crippen molar-refractivity contribution < 1.29 is 14.7 Å². The van der Waals surface area contributed by atoms with Crippen molar-refractivity contribution in [3.63, 3.8) is 0 Å². The largest absolute Gasteiger partial charge is 0.396 e. The Morgan fingerprint density at radius 1 is 1.44 bits per heavy atom. The fourth-order valence-electron chi connectivity index (χ4n) is 1.60. The summed E-state index contributed by atoms with van der Waals surface area (Å²) >= 11 is 1.40. The maximum absolute atomic E-state index is 11.7. The van der Waals surface area contributed by atoms with Gasteiger partial charge in [0.1, 0.15) is 0 Å². The zero-order valence-corrected chi connectivity index (χ0v) is 11.3. The first-order chi connectivity index (χ1) is 8.63. The first-order valence-corrected chi connectivity index (χ1v) is 6.98. The number of rotatable bonds is 8. The van der Waals surface area contributed by atoms with Crippen LogP contribution in [0.5, 0.6) is 0 Å². The summed E-state index contributed by atoms with van der Waals surface area (Å²) in [4.78, 5) is 23.9. The predicted octanol–water partition coefficient (Wildman–Crippen LogP) is 1.99. The summed E-state index contributed by atoms with van der Waals surface area (Å²) in [5.74, 6) is -0.0893. The van der Waals surface area contributed by atoms with E-state index in [0.717, 1.165) is 6.42 Å². The van der Waals surface area contributed by atoms with Gasteiger partial charge in [0.05, 0.1) is 4.88 Å². The highest BCUT2D eigenvalue weighted by atomic mass is 32.1. The van der Waals surface area contributed by atoms with Crippen LogP contribution >= 0.6 is 11.3 Å². The van der Waals surface area contributed by atoms with E-state index in [2.05, 4.69) is 5.32 Å². The molecule has 18 heavy (non-hydrogen) atoms. The Hall–Kier alpha value is -1.20. The van der Waals surface area contributed by atoms with Crippen molar-refractivity contribution in [3.05, 3.63) is 22.4 Å². The van der Waals surface area contributed by atoms with E-state index in [4.69, 9.17) is 5.11 Å². The number of amides is 1. The van der Waals surface area contributed by atoms with Crippen LogP contribution < -0.4 is 5.32 Å². The Labute approximate surface area is 111 Å². The molecule has 1 aromatic rings. The van der Waals surface area contributed by atoms with Gasteiger partial charge in [-0.25, -0.2) is 0 Å². The van der Waals surface area contributed by atoms with Gasteiger partial charge in [-0.3, -0.25) is 9.59 Å². The molecule has 1 aromatic heterocycles. The van der Waals surface area contributed by atoms with E-state index < -0.39 is 0 Å². The van der Waals surface area contributed by atoms with Gasteiger partial charge >= 0.3 is 0 Å². The fourth-order valence-corrected chi connectivity index (χ4v) is 2.30. The van der Waals surface area contributed by atoms with Gasteiger partial charge in [-0.1, -0.05) is 6.07 Å². The van der Waals surface area contributed by atoms with Crippen LogP contribution in [0.1, 0.15) is 42.3 Å². The first-order valence-electron chi connectivity index (χ1n) is 6.10. The molecule has 5 heteroatoms. The number of carbonyl (C=O) groups excluding carboxylic acids is 2. The standard InChI is InChI=1S/C13H19NO3S/c1-10(4-2-8-15)14-13(17)7-6-11(16)12-5-3-9-18-12/h3,5,9-10,15H,2,4,6-8H2,1H3,(H,14,17). The quantitative estimate of drug-likeness (QED) is 0.709. The molecule has 0 fully saturated rings. The van der Waals surface area contributed by atoms with Crippen molar-refractivity contribution in [2.24, 2.45) is 0 Å². The third-order valence-corrected chi connectivity index (χ3v) is 3.49. The van der Waals surface area contributed by atoms with Gasteiger partial charge in [0.15, 0.2) is 5.78 Å². The minimum absolute atomic E-state index is 0.0168. The lowest BCUT2D eigenvalue weighted by Crippen LogP contribution is -2.32. The molecule has 0 spiro atoms. The molecule has 1 rings (SSSR count). The van der Waals surface area contributed by atoms with Crippen LogP contribution in [0.2, 0.25) is 0 Å². The van der Waals surface area contributed by atoms with Gasteiger partial charge in [-0.05, 0) is 31.2 Å². The zero-order chi connectivity index (χ0) is 13.4. The molecular formula is C13H19NO3S. The number of hydrogen-bond acceptors (Lipinski definition) is 4. The van der Waals surface area contributed by atoms with E-state index in [1.165, 1.54) is 11.3 Å². The minimum atomic E-state index is -0.106. The average molecular weight is 269 g/mol. The van der Waals surface area contributed by atoms with Crippen LogP contribution in [-0.2, 0) is 4.79 Å². The molecule has 1 amide bonds. The Morgan fingerprint density at radius 3 is 2.83 bits per heavy atom. The normalized spacial score (nSPS) is 12.1. The molecule has 0 aliphatic carbocycles. The SMILES string of the molecule is CC(CCCO)NC(=O)CCC(=O)c1cccs1. The smallest absolute Gasteiger partial charge is 0.220 e. The topological polar surface area (TPSA) is 66.4 Å². The molecular weight excluding hydrogens is 250 g/mol. The highest BCUT2D eigenvalue weighted by Crippen LogP contribution is 2.12. The zero-order valence-electron chi connectivity index (χ0n) is 10.5. The molecule has 1 heterocycles. The number of Topliss-reactive ketones (excluding diaryl/α,β-unsaturated/α-hetero) is 1. The van der Waals surface area contributed by atoms with Gasteiger partial charge < -0.3 is 10.4 Å². The van der Waals surface area contributed by atoms with Gasteiger partial charge in [0.25, 0.3) is 0 Å². The predicted molar refractivity (Wildman–Crippen MR) is 71.8 cm³/mol. The van der Waals surface area contributed by atoms with E-state index in [-0.39, 0.29) is 37.2 Å². The fraction of sp³-hybridized carbons (Fsp3) is 0.538. The van der Waals surface area contributed by atoms with E-state index in [9.17, 15) is 9.59 Å². The van der Waals surface area contributed by atoms with Crippen molar-refractivity contribution in [1.82, 2.24) is 5.32 Å². The minimum Gasteiger partial charge on any atom is -0.396 e. The second-order valence-electron chi connectivity index (χ2n) is 4.23. The van der Waals surface area contributed by atoms with Gasteiger partial charge in [0, 0.05) is 25.5 Å². The van der Waals surface area contributed by atoms with Crippen molar-refractivity contribution in [2.75, 3.05) is 6.61 Å². The van der Waals surface area contributed by atoms with Gasteiger partial charge in [-0.2, -0.15) is 0 Å². The van der Waals surface area contributed by atoms with Crippen LogP contribution in [0.25, 0.3) is 0 Å². The first kappa shape index (κ1) is 14.9. The summed E-state index contributed by atoms with van der Waals surface area (Å²) in [7, 11) is 0. The number of carbonyl (C=O) groups is 2.